The van der Waals surface area contributed by atoms with Crippen LogP contribution in [-0.2, 0) is 13.0 Å². The number of aryl methyl sites for hydroxylation is 1. The lowest BCUT2D eigenvalue weighted by molar-refractivity contribution is 0.166. The number of aliphatic hydroxyl groups excluding tert-OH is 1. The van der Waals surface area contributed by atoms with E-state index in [4.69, 9.17) is 4.42 Å². The van der Waals surface area contributed by atoms with Gasteiger partial charge in [-0.2, -0.15) is 0 Å². The number of benzene rings is 1. The molecule has 118 valence electrons. The molecule has 0 saturated carbocycles. The molecule has 0 radical (unpaired) electrons. The zero-order valence-electron chi connectivity index (χ0n) is 12.2. The molecule has 1 fully saturated rings. The predicted molar refractivity (Wildman–Crippen MR) is 73.8 cm³/mol. The maximum atomic E-state index is 13.4. The minimum Gasteiger partial charge on any atom is -0.424 e. The van der Waals surface area contributed by atoms with Crippen molar-refractivity contribution in [3.05, 3.63) is 47.2 Å². The van der Waals surface area contributed by atoms with Crippen molar-refractivity contribution >= 4 is 0 Å². The summed E-state index contributed by atoms with van der Waals surface area (Å²) in [6.07, 6.45) is 0.592. The zero-order valence-corrected chi connectivity index (χ0v) is 12.2. The van der Waals surface area contributed by atoms with Crippen LogP contribution in [0.5, 0.6) is 0 Å². The number of halogens is 2. The van der Waals surface area contributed by atoms with Gasteiger partial charge in [-0.05, 0) is 24.1 Å². The van der Waals surface area contributed by atoms with Crippen LogP contribution in [0.4, 0.5) is 8.78 Å². The molecule has 1 aliphatic heterocycles. The van der Waals surface area contributed by atoms with E-state index in [1.165, 1.54) is 6.07 Å². The number of hydrogen-bond acceptors (Lipinski definition) is 5. The highest BCUT2D eigenvalue weighted by Crippen LogP contribution is 2.33. The number of aromatic nitrogens is 2. The van der Waals surface area contributed by atoms with Crippen LogP contribution in [0.1, 0.15) is 36.7 Å². The Balaban J connectivity index is 1.80. The predicted octanol–water partition coefficient (Wildman–Crippen LogP) is 2.22. The summed E-state index contributed by atoms with van der Waals surface area (Å²) in [5, 5.41) is 17.8. The topological polar surface area (TPSA) is 62.4 Å². The second kappa shape index (κ2) is 6.10. The average Bonchev–Trinajstić information content (AvgIpc) is 3.09. The van der Waals surface area contributed by atoms with Crippen LogP contribution in [0.15, 0.2) is 22.6 Å². The summed E-state index contributed by atoms with van der Waals surface area (Å²) < 4.78 is 32.0. The van der Waals surface area contributed by atoms with Crippen molar-refractivity contribution in [1.29, 1.82) is 0 Å². The van der Waals surface area contributed by atoms with E-state index in [1.807, 2.05) is 11.8 Å². The Bertz CT molecular complexity index is 662. The molecule has 0 amide bonds. The average molecular weight is 309 g/mol. The maximum absolute atomic E-state index is 13.4. The lowest BCUT2D eigenvalue weighted by Crippen LogP contribution is -2.24. The molecule has 1 aromatic heterocycles. The fourth-order valence-electron chi connectivity index (χ4n) is 2.79. The van der Waals surface area contributed by atoms with E-state index in [2.05, 4.69) is 10.2 Å². The summed E-state index contributed by atoms with van der Waals surface area (Å²) in [6.45, 7) is 2.71. The van der Waals surface area contributed by atoms with Crippen LogP contribution in [0.3, 0.4) is 0 Å². The van der Waals surface area contributed by atoms with Gasteiger partial charge in [-0.15, -0.1) is 10.2 Å². The Labute approximate surface area is 126 Å². The summed E-state index contributed by atoms with van der Waals surface area (Å²) in [7, 11) is 0. The van der Waals surface area contributed by atoms with Crippen molar-refractivity contribution in [2.45, 2.75) is 38.5 Å². The van der Waals surface area contributed by atoms with Crippen molar-refractivity contribution in [2.75, 3.05) is 6.54 Å². The maximum Gasteiger partial charge on any atom is 0.230 e. The highest BCUT2D eigenvalue weighted by atomic mass is 19.2. The summed E-state index contributed by atoms with van der Waals surface area (Å²) in [6, 6.07) is 3.62. The third-order valence-electron chi connectivity index (χ3n) is 3.86. The number of likely N-dealkylation sites (tertiary alicyclic amines) is 1. The summed E-state index contributed by atoms with van der Waals surface area (Å²) in [5.41, 5.74) is 0.630. The SMILES string of the molecule is CCc1nnc(CN2C[C@@H](O)C[C@H]2c2ccc(F)c(F)c2)o1. The van der Waals surface area contributed by atoms with Gasteiger partial charge in [-0.3, -0.25) is 4.90 Å². The molecule has 0 spiro atoms. The van der Waals surface area contributed by atoms with Gasteiger partial charge in [0.05, 0.1) is 12.6 Å². The van der Waals surface area contributed by atoms with Crippen LogP contribution in [0, 0.1) is 11.6 Å². The number of aliphatic hydroxyl groups is 1. The Kier molecular flexibility index (Phi) is 4.17. The van der Waals surface area contributed by atoms with Gasteiger partial charge in [0.2, 0.25) is 11.8 Å². The van der Waals surface area contributed by atoms with E-state index in [0.717, 1.165) is 6.07 Å². The molecule has 0 bridgehead atoms. The lowest BCUT2D eigenvalue weighted by atomic mass is 10.0. The van der Waals surface area contributed by atoms with E-state index in [1.54, 1.807) is 6.07 Å². The third kappa shape index (κ3) is 3.00. The first-order valence-electron chi connectivity index (χ1n) is 7.25. The Hall–Kier alpha value is -1.86. The molecule has 2 aromatic rings. The summed E-state index contributed by atoms with van der Waals surface area (Å²) in [4.78, 5) is 1.93. The van der Waals surface area contributed by atoms with E-state index in [9.17, 15) is 13.9 Å². The van der Waals surface area contributed by atoms with Gasteiger partial charge in [-0.1, -0.05) is 13.0 Å². The standard InChI is InChI=1S/C15H17F2N3O2/c1-2-14-18-19-15(22-14)8-20-7-10(21)6-13(20)9-3-4-11(16)12(17)5-9/h3-5,10,13,21H,2,6-8H2,1H3/t10-,13-/m0/s1. The largest absolute Gasteiger partial charge is 0.424 e. The molecule has 2 heterocycles. The highest BCUT2D eigenvalue weighted by Gasteiger charge is 2.33. The van der Waals surface area contributed by atoms with Crippen LogP contribution in [0.25, 0.3) is 0 Å². The minimum atomic E-state index is -0.884. The van der Waals surface area contributed by atoms with Gasteiger partial charge in [0.1, 0.15) is 0 Å². The molecule has 1 aromatic carbocycles. The fraction of sp³-hybridized carbons (Fsp3) is 0.467. The molecular weight excluding hydrogens is 292 g/mol. The minimum absolute atomic E-state index is 0.206. The van der Waals surface area contributed by atoms with Gasteiger partial charge in [-0.25, -0.2) is 8.78 Å². The second-order valence-electron chi connectivity index (χ2n) is 5.45. The van der Waals surface area contributed by atoms with Crippen molar-refractivity contribution in [2.24, 2.45) is 0 Å². The molecule has 2 atom stereocenters. The molecule has 0 unspecified atom stereocenters. The third-order valence-corrected chi connectivity index (χ3v) is 3.86. The van der Waals surface area contributed by atoms with E-state index in [0.29, 0.717) is 43.3 Å². The molecule has 5 nitrogen and oxygen atoms in total. The van der Waals surface area contributed by atoms with Crippen molar-refractivity contribution < 1.29 is 18.3 Å². The van der Waals surface area contributed by atoms with Crippen molar-refractivity contribution in [3.8, 4) is 0 Å². The van der Waals surface area contributed by atoms with E-state index < -0.39 is 17.7 Å². The first-order chi connectivity index (χ1) is 10.6. The molecular formula is C15H17F2N3O2. The molecule has 1 saturated heterocycles. The zero-order chi connectivity index (χ0) is 15.7. The highest BCUT2D eigenvalue weighted by molar-refractivity contribution is 5.23. The van der Waals surface area contributed by atoms with Crippen LogP contribution >= 0.6 is 0 Å². The molecule has 1 N–H and O–H groups in total. The van der Waals surface area contributed by atoms with Gasteiger partial charge >= 0.3 is 0 Å². The molecule has 0 aliphatic carbocycles. The van der Waals surface area contributed by atoms with Gasteiger partial charge in [0.25, 0.3) is 0 Å². The van der Waals surface area contributed by atoms with E-state index >= 15 is 0 Å². The van der Waals surface area contributed by atoms with Crippen LogP contribution in [-0.4, -0.2) is 32.9 Å². The smallest absolute Gasteiger partial charge is 0.230 e. The van der Waals surface area contributed by atoms with Crippen molar-refractivity contribution in [1.82, 2.24) is 15.1 Å². The summed E-state index contributed by atoms with van der Waals surface area (Å²) in [5.74, 6) is -0.749. The van der Waals surface area contributed by atoms with E-state index in [-0.39, 0.29) is 6.04 Å². The number of nitrogens with zero attached hydrogens (tertiary/aromatic N) is 3. The quantitative estimate of drug-likeness (QED) is 0.938. The van der Waals surface area contributed by atoms with Crippen LogP contribution < -0.4 is 0 Å². The fourth-order valence-corrected chi connectivity index (χ4v) is 2.79. The first kappa shape index (κ1) is 15.1. The molecule has 22 heavy (non-hydrogen) atoms. The molecule has 7 heteroatoms. The van der Waals surface area contributed by atoms with Gasteiger partial charge in [0.15, 0.2) is 11.6 Å². The Morgan fingerprint density at radius 2 is 2.05 bits per heavy atom. The first-order valence-corrected chi connectivity index (χ1v) is 7.25. The monoisotopic (exact) mass is 309 g/mol. The van der Waals surface area contributed by atoms with Gasteiger partial charge < -0.3 is 9.52 Å². The number of hydrogen-bond donors (Lipinski definition) is 1. The number of β-amino-alcohol motifs (C(OH)–C–C–N with tert-alkyl or cyclic N) is 1. The second-order valence-corrected chi connectivity index (χ2v) is 5.45. The number of rotatable bonds is 4. The van der Waals surface area contributed by atoms with Crippen molar-refractivity contribution in [3.63, 3.8) is 0 Å². The Morgan fingerprint density at radius 3 is 2.73 bits per heavy atom. The lowest BCUT2D eigenvalue weighted by Gasteiger charge is -2.22. The molecule has 3 rings (SSSR count). The molecule has 1 aliphatic rings. The van der Waals surface area contributed by atoms with Gasteiger partial charge in [0, 0.05) is 19.0 Å². The Morgan fingerprint density at radius 1 is 1.27 bits per heavy atom. The normalized spacial score (nSPS) is 22.4. The van der Waals surface area contributed by atoms with Crippen LogP contribution in [0.2, 0.25) is 0 Å². The summed E-state index contributed by atoms with van der Waals surface area (Å²) >= 11 is 0.